The van der Waals surface area contributed by atoms with Gasteiger partial charge in [-0.05, 0) is 43.2 Å². The van der Waals surface area contributed by atoms with Crippen LogP contribution in [0.25, 0.3) is 10.9 Å². The number of carbonyl (C=O) groups is 3. The molecule has 0 atom stereocenters. The highest BCUT2D eigenvalue weighted by atomic mass is 35.5. The van der Waals surface area contributed by atoms with Gasteiger partial charge in [-0.3, -0.25) is 19.1 Å². The van der Waals surface area contributed by atoms with Gasteiger partial charge in [0.15, 0.2) is 13.0 Å². The summed E-state index contributed by atoms with van der Waals surface area (Å²) in [6.07, 6.45) is 1.65. The van der Waals surface area contributed by atoms with Crippen molar-refractivity contribution in [3.8, 4) is 0 Å². The number of anilines is 2. The summed E-state index contributed by atoms with van der Waals surface area (Å²) in [5.74, 6) is -0.997. The summed E-state index contributed by atoms with van der Waals surface area (Å²) in [6.45, 7) is -0.247. The maximum atomic E-state index is 13.2. The molecule has 0 spiro atoms. The highest BCUT2D eigenvalue weighted by Gasteiger charge is 2.34. The van der Waals surface area contributed by atoms with Crippen LogP contribution in [0, 0.1) is 0 Å². The average molecular weight is 477 g/mol. The van der Waals surface area contributed by atoms with Gasteiger partial charge in [-0.2, -0.15) is 5.10 Å². The van der Waals surface area contributed by atoms with Crippen molar-refractivity contribution in [3.63, 3.8) is 0 Å². The van der Waals surface area contributed by atoms with Crippen LogP contribution in [-0.2, 0) is 16.1 Å². The maximum Gasteiger partial charge on any atom is 0.269 e. The zero-order valence-electron chi connectivity index (χ0n) is 18.8. The molecule has 172 valence electrons. The lowest BCUT2D eigenvalue weighted by molar-refractivity contribution is -0.135. The molecule has 10 nitrogen and oxygen atoms in total. The van der Waals surface area contributed by atoms with E-state index in [1.54, 1.807) is 24.3 Å². The normalized spacial score (nSPS) is 12.7. The first-order valence-corrected chi connectivity index (χ1v) is 11.5. The van der Waals surface area contributed by atoms with Crippen LogP contribution in [-0.4, -0.2) is 72.1 Å². The Morgan fingerprint density at radius 2 is 2.06 bits per heavy atom. The third-order valence-corrected chi connectivity index (χ3v) is 5.66. The molecule has 0 radical (unpaired) electrons. The second-order valence-corrected chi connectivity index (χ2v) is 8.56. The van der Waals surface area contributed by atoms with Gasteiger partial charge in [0.1, 0.15) is 24.1 Å². The van der Waals surface area contributed by atoms with Crippen molar-refractivity contribution < 1.29 is 14.4 Å². The molecule has 3 aromatic rings. The maximum absolute atomic E-state index is 13.2. The van der Waals surface area contributed by atoms with E-state index in [0.29, 0.717) is 16.7 Å². The van der Waals surface area contributed by atoms with E-state index in [1.165, 1.54) is 9.58 Å². The van der Waals surface area contributed by atoms with Crippen LogP contribution in [0.1, 0.15) is 23.3 Å². The fourth-order valence-corrected chi connectivity index (χ4v) is 3.86. The fourth-order valence-electron chi connectivity index (χ4n) is 3.70. The van der Waals surface area contributed by atoms with Crippen LogP contribution in [0.2, 0.25) is 5.15 Å². The highest BCUT2D eigenvalue weighted by Crippen LogP contribution is 2.28. The summed E-state index contributed by atoms with van der Waals surface area (Å²) in [4.78, 5) is 43.3. The first-order chi connectivity index (χ1) is 16.4. The summed E-state index contributed by atoms with van der Waals surface area (Å²) in [5, 5.41) is 11.1. The minimum absolute atomic E-state index is 0.00945. The smallest absolute Gasteiger partial charge is 0.269 e. The van der Waals surface area contributed by atoms with Gasteiger partial charge in [0.2, 0.25) is 11.8 Å². The molecule has 34 heavy (non-hydrogen) atoms. The van der Waals surface area contributed by atoms with Gasteiger partial charge in [0.25, 0.3) is 5.91 Å². The molecule has 1 aromatic carbocycles. The third kappa shape index (κ3) is 5.53. The quantitative estimate of drug-likeness (QED) is 0.266. The number of hydrogen-bond acceptors (Lipinski definition) is 6. The molecule has 4 N–H and O–H groups in total. The molecule has 4 rings (SSSR count). The Labute approximate surface area is 203 Å². The molecule has 1 aliphatic carbocycles. The molecule has 0 saturated heterocycles. The first kappa shape index (κ1) is 23.7. The predicted molar refractivity (Wildman–Crippen MR) is 137 cm³/mol. The lowest BCUT2D eigenvalue weighted by Gasteiger charge is -2.22. The number of primary amides is 1. The number of fused-ring (bicyclic) bond motifs is 1. The molecule has 14 heteroatoms. The van der Waals surface area contributed by atoms with E-state index in [9.17, 15) is 14.4 Å². The molecule has 1 saturated carbocycles. The Hall–Kier alpha value is -3.47. The lowest BCUT2D eigenvalue weighted by atomic mass is 9.33. The van der Waals surface area contributed by atoms with E-state index in [1.807, 2.05) is 12.1 Å². The monoisotopic (exact) mass is 477 g/mol. The van der Waals surface area contributed by atoms with Crippen LogP contribution in [0.15, 0.2) is 36.4 Å². The Morgan fingerprint density at radius 1 is 1.26 bits per heavy atom. The Balaban J connectivity index is 1.53. The predicted octanol–water partition coefficient (Wildman–Crippen LogP) is -0.524. The standard InChI is InChI=1S/C20H23B3ClN7O3/c21-22-23-28-11-4-7-13-14(8-11)31(29-19(13)20(25)34)10-18(33)30(12-5-6-12)9-17(32)27-16-3-1-2-15(24)26-16/h1-4,7-8,12,22-23,28H,5-6,9-10,21H2,(H2,25,34)(H,26,27,32). The van der Waals surface area contributed by atoms with Crippen molar-refractivity contribution in [1.82, 2.24) is 19.7 Å². The van der Waals surface area contributed by atoms with Crippen molar-refractivity contribution in [2.45, 2.75) is 25.4 Å². The number of aromatic nitrogens is 3. The fraction of sp³-hybridized carbons (Fsp3) is 0.250. The molecule has 0 aliphatic heterocycles. The van der Waals surface area contributed by atoms with E-state index in [-0.39, 0.29) is 41.8 Å². The van der Waals surface area contributed by atoms with E-state index >= 15 is 0 Å². The van der Waals surface area contributed by atoms with Crippen LogP contribution in [0.5, 0.6) is 0 Å². The summed E-state index contributed by atoms with van der Waals surface area (Å²) in [7, 11) is 3.80. The first-order valence-electron chi connectivity index (χ1n) is 11.1. The number of rotatable bonds is 10. The zero-order chi connectivity index (χ0) is 24.2. The second-order valence-electron chi connectivity index (χ2n) is 8.18. The molecule has 0 unspecified atom stereocenters. The number of halogens is 1. The van der Waals surface area contributed by atoms with Crippen LogP contribution in [0.3, 0.4) is 0 Å². The minimum Gasteiger partial charge on any atom is -0.439 e. The third-order valence-electron chi connectivity index (χ3n) is 5.45. The van der Waals surface area contributed by atoms with E-state index < -0.39 is 5.91 Å². The summed E-state index contributed by atoms with van der Waals surface area (Å²) < 4.78 is 1.47. The summed E-state index contributed by atoms with van der Waals surface area (Å²) in [5.41, 5.74) is 7.09. The van der Waals surface area contributed by atoms with E-state index in [2.05, 4.69) is 28.4 Å². The number of nitrogens with two attached hydrogens (primary N) is 1. The Bertz CT molecular complexity index is 1250. The number of carbonyl (C=O) groups excluding carboxylic acids is 3. The zero-order valence-corrected chi connectivity index (χ0v) is 19.5. The number of pyridine rings is 1. The number of nitrogens with one attached hydrogen (secondary N) is 2. The van der Waals surface area contributed by atoms with Gasteiger partial charge in [-0.15, -0.1) is 0 Å². The molecule has 0 bridgehead atoms. The molecule has 2 heterocycles. The molecular formula is C20H23B3ClN7O3. The lowest BCUT2D eigenvalue weighted by Crippen LogP contribution is -2.41. The topological polar surface area (TPSA) is 135 Å². The van der Waals surface area contributed by atoms with E-state index in [4.69, 9.17) is 17.3 Å². The largest absolute Gasteiger partial charge is 0.439 e. The van der Waals surface area contributed by atoms with Crippen LogP contribution < -0.4 is 16.3 Å². The van der Waals surface area contributed by atoms with Gasteiger partial charge < -0.3 is 21.2 Å². The molecule has 1 fully saturated rings. The van der Waals surface area contributed by atoms with Gasteiger partial charge in [-0.1, -0.05) is 17.7 Å². The van der Waals surface area contributed by atoms with Crippen LogP contribution in [0.4, 0.5) is 11.5 Å². The summed E-state index contributed by atoms with van der Waals surface area (Å²) >= 11 is 5.87. The Morgan fingerprint density at radius 3 is 2.74 bits per heavy atom. The van der Waals surface area contributed by atoms with Crippen molar-refractivity contribution in [3.05, 3.63) is 47.2 Å². The van der Waals surface area contributed by atoms with Crippen molar-refractivity contribution in [1.29, 1.82) is 0 Å². The number of benzene rings is 1. The average Bonchev–Trinajstić information content (AvgIpc) is 3.58. The molecule has 2 aromatic heterocycles. The number of nitrogens with zero attached hydrogens (tertiary/aromatic N) is 4. The second kappa shape index (κ2) is 10.2. The van der Waals surface area contributed by atoms with Gasteiger partial charge >= 0.3 is 0 Å². The van der Waals surface area contributed by atoms with Crippen molar-refractivity contribution >= 4 is 73.8 Å². The van der Waals surface area contributed by atoms with Gasteiger partial charge in [0, 0.05) is 17.1 Å². The summed E-state index contributed by atoms with van der Waals surface area (Å²) in [6, 6.07) is 10.4. The SMILES string of the molecule is BBBNc1ccc2c(C(N)=O)nn(CC(=O)N(CC(=O)Nc3cccc(Cl)n3)C3CC3)c2c1. The number of hydrogen-bond donors (Lipinski definition) is 3. The van der Waals surface area contributed by atoms with Crippen LogP contribution >= 0.6 is 11.6 Å². The highest BCUT2D eigenvalue weighted by molar-refractivity contribution is 7.24. The molecular weight excluding hydrogens is 454 g/mol. The number of amides is 3. The molecule has 1 aliphatic rings. The minimum atomic E-state index is -0.669. The van der Waals surface area contributed by atoms with Crippen molar-refractivity contribution in [2.24, 2.45) is 5.73 Å². The van der Waals surface area contributed by atoms with E-state index in [0.717, 1.165) is 32.9 Å². The van der Waals surface area contributed by atoms with Crippen molar-refractivity contribution in [2.75, 3.05) is 17.1 Å². The molecule has 3 amide bonds. The Kier molecular flexibility index (Phi) is 7.11. The van der Waals surface area contributed by atoms with Gasteiger partial charge in [-0.25, -0.2) is 4.98 Å². The van der Waals surface area contributed by atoms with Gasteiger partial charge in [0.05, 0.1) is 20.3 Å².